The molecule has 2 unspecified atom stereocenters. The number of carbonyl (C=O) groups is 1. The van der Waals surface area contributed by atoms with E-state index in [9.17, 15) is 4.79 Å². The lowest BCUT2D eigenvalue weighted by Crippen LogP contribution is -2.23. The standard InChI is InChI=1S/C15H16Cl2O3/c1-19-15(18)14(20-11-5-3-2-4-6-11)10-7-8-12(16)13(17)9-10/h3,5,7-9,11,14H,2,4,6H2,1H3. The highest BCUT2D eigenvalue weighted by atomic mass is 35.5. The highest BCUT2D eigenvalue weighted by Crippen LogP contribution is 2.30. The molecule has 2 rings (SSSR count). The molecule has 3 nitrogen and oxygen atoms in total. The smallest absolute Gasteiger partial charge is 0.339 e. The van der Waals surface area contributed by atoms with Crippen molar-refractivity contribution in [2.75, 3.05) is 7.11 Å². The maximum Gasteiger partial charge on any atom is 0.339 e. The molecule has 1 aromatic carbocycles. The zero-order chi connectivity index (χ0) is 14.5. The lowest BCUT2D eigenvalue weighted by Gasteiger charge is -2.23. The first-order chi connectivity index (χ1) is 9.61. The Labute approximate surface area is 128 Å². The lowest BCUT2D eigenvalue weighted by molar-refractivity contribution is -0.157. The van der Waals surface area contributed by atoms with Crippen LogP contribution in [-0.4, -0.2) is 19.2 Å². The molecule has 2 atom stereocenters. The van der Waals surface area contributed by atoms with Crippen LogP contribution in [0.2, 0.25) is 10.0 Å². The van der Waals surface area contributed by atoms with Gasteiger partial charge in [-0.3, -0.25) is 0 Å². The molecular formula is C15H16Cl2O3. The van der Waals surface area contributed by atoms with Gasteiger partial charge in [-0.25, -0.2) is 4.79 Å². The topological polar surface area (TPSA) is 35.5 Å². The van der Waals surface area contributed by atoms with Crippen molar-refractivity contribution in [1.29, 1.82) is 0 Å². The van der Waals surface area contributed by atoms with Crippen molar-refractivity contribution in [1.82, 2.24) is 0 Å². The first-order valence-electron chi connectivity index (χ1n) is 6.46. The molecule has 0 spiro atoms. The van der Waals surface area contributed by atoms with Gasteiger partial charge in [-0.15, -0.1) is 0 Å². The van der Waals surface area contributed by atoms with Gasteiger partial charge in [0.1, 0.15) is 0 Å². The van der Waals surface area contributed by atoms with Crippen LogP contribution in [0.1, 0.15) is 30.9 Å². The summed E-state index contributed by atoms with van der Waals surface area (Å²) < 4.78 is 10.7. The van der Waals surface area contributed by atoms with Gasteiger partial charge in [-0.2, -0.15) is 0 Å². The quantitative estimate of drug-likeness (QED) is 0.613. The van der Waals surface area contributed by atoms with E-state index in [0.717, 1.165) is 19.3 Å². The van der Waals surface area contributed by atoms with Crippen LogP contribution >= 0.6 is 23.2 Å². The molecule has 5 heteroatoms. The van der Waals surface area contributed by atoms with Gasteiger partial charge in [0.05, 0.1) is 23.3 Å². The Morgan fingerprint density at radius 2 is 2.15 bits per heavy atom. The van der Waals surface area contributed by atoms with Crippen LogP contribution in [0.25, 0.3) is 0 Å². The molecule has 0 bridgehead atoms. The summed E-state index contributed by atoms with van der Waals surface area (Å²) in [6.45, 7) is 0. The number of halogens is 2. The summed E-state index contributed by atoms with van der Waals surface area (Å²) in [5.74, 6) is -0.442. The average Bonchev–Trinajstić information content (AvgIpc) is 2.48. The van der Waals surface area contributed by atoms with Crippen molar-refractivity contribution < 1.29 is 14.3 Å². The first kappa shape index (κ1) is 15.4. The fraction of sp³-hybridized carbons (Fsp3) is 0.400. The van der Waals surface area contributed by atoms with Crippen LogP contribution < -0.4 is 0 Å². The number of rotatable bonds is 4. The minimum Gasteiger partial charge on any atom is -0.467 e. The summed E-state index contributed by atoms with van der Waals surface area (Å²) in [6.07, 6.45) is 6.18. The summed E-state index contributed by atoms with van der Waals surface area (Å²) in [7, 11) is 1.34. The third kappa shape index (κ3) is 3.75. The summed E-state index contributed by atoms with van der Waals surface area (Å²) in [5, 5.41) is 0.831. The molecule has 1 aliphatic rings. The summed E-state index contributed by atoms with van der Waals surface area (Å²) >= 11 is 11.9. The Balaban J connectivity index is 2.22. The van der Waals surface area contributed by atoms with Crippen LogP contribution in [0.4, 0.5) is 0 Å². The fourth-order valence-electron chi connectivity index (χ4n) is 2.12. The van der Waals surface area contributed by atoms with Crippen LogP contribution in [0.15, 0.2) is 30.4 Å². The van der Waals surface area contributed by atoms with Crippen molar-refractivity contribution >= 4 is 29.2 Å². The number of esters is 1. The molecule has 0 fully saturated rings. The second-order valence-corrected chi connectivity index (χ2v) is 5.42. The molecule has 0 N–H and O–H groups in total. The first-order valence-corrected chi connectivity index (χ1v) is 7.22. The van der Waals surface area contributed by atoms with Gasteiger partial charge in [0.25, 0.3) is 0 Å². The van der Waals surface area contributed by atoms with E-state index in [1.807, 2.05) is 6.08 Å². The third-order valence-corrected chi connectivity index (χ3v) is 3.92. The number of hydrogen-bond acceptors (Lipinski definition) is 3. The number of allylic oxidation sites excluding steroid dienone is 1. The van der Waals surface area contributed by atoms with E-state index in [1.165, 1.54) is 7.11 Å². The van der Waals surface area contributed by atoms with E-state index < -0.39 is 12.1 Å². The Bertz CT molecular complexity index is 514. The molecule has 0 saturated heterocycles. The lowest BCUT2D eigenvalue weighted by atomic mass is 10.0. The van der Waals surface area contributed by atoms with Gasteiger partial charge in [0.15, 0.2) is 6.10 Å². The largest absolute Gasteiger partial charge is 0.467 e. The van der Waals surface area contributed by atoms with Crippen LogP contribution in [0, 0.1) is 0 Å². The normalized spacial score (nSPS) is 19.6. The molecule has 0 saturated carbocycles. The molecule has 0 aliphatic heterocycles. The molecule has 0 aromatic heterocycles. The maximum absolute atomic E-state index is 11.9. The molecule has 0 amide bonds. The van der Waals surface area contributed by atoms with E-state index in [0.29, 0.717) is 15.6 Å². The molecule has 0 radical (unpaired) electrons. The van der Waals surface area contributed by atoms with Crippen LogP contribution in [0.3, 0.4) is 0 Å². The number of ether oxygens (including phenoxy) is 2. The zero-order valence-electron chi connectivity index (χ0n) is 11.1. The monoisotopic (exact) mass is 314 g/mol. The molecule has 20 heavy (non-hydrogen) atoms. The predicted octanol–water partition coefficient (Wildman–Crippen LogP) is 4.33. The fourth-order valence-corrected chi connectivity index (χ4v) is 2.43. The molecule has 1 aliphatic carbocycles. The highest BCUT2D eigenvalue weighted by molar-refractivity contribution is 6.42. The number of methoxy groups -OCH3 is 1. The van der Waals surface area contributed by atoms with Gasteiger partial charge in [0, 0.05) is 0 Å². The highest BCUT2D eigenvalue weighted by Gasteiger charge is 2.26. The van der Waals surface area contributed by atoms with E-state index in [4.69, 9.17) is 32.7 Å². The van der Waals surface area contributed by atoms with Crippen molar-refractivity contribution in [3.63, 3.8) is 0 Å². The summed E-state index contributed by atoms with van der Waals surface area (Å²) in [4.78, 5) is 11.9. The van der Waals surface area contributed by atoms with Crippen molar-refractivity contribution in [3.05, 3.63) is 46.0 Å². The Hall–Kier alpha value is -1.03. The predicted molar refractivity (Wildman–Crippen MR) is 79.1 cm³/mol. The second kappa shape index (κ2) is 7.11. The SMILES string of the molecule is COC(=O)C(OC1C=CCCC1)c1ccc(Cl)c(Cl)c1. The van der Waals surface area contributed by atoms with E-state index >= 15 is 0 Å². The Morgan fingerprint density at radius 3 is 2.75 bits per heavy atom. The van der Waals surface area contributed by atoms with Crippen LogP contribution in [0.5, 0.6) is 0 Å². The van der Waals surface area contributed by atoms with Gasteiger partial charge in [0.2, 0.25) is 0 Å². The van der Waals surface area contributed by atoms with E-state index in [2.05, 4.69) is 6.08 Å². The Morgan fingerprint density at radius 1 is 1.35 bits per heavy atom. The second-order valence-electron chi connectivity index (χ2n) is 4.61. The third-order valence-electron chi connectivity index (χ3n) is 3.18. The minimum absolute atomic E-state index is 0.0812. The van der Waals surface area contributed by atoms with Gasteiger partial charge >= 0.3 is 5.97 Å². The Kier molecular flexibility index (Phi) is 5.46. The van der Waals surface area contributed by atoms with Gasteiger partial charge in [-0.05, 0) is 37.0 Å². The summed E-state index contributed by atoms with van der Waals surface area (Å²) in [5.41, 5.74) is 0.644. The van der Waals surface area contributed by atoms with Crippen molar-refractivity contribution in [3.8, 4) is 0 Å². The molecule has 0 heterocycles. The van der Waals surface area contributed by atoms with Crippen LogP contribution in [-0.2, 0) is 14.3 Å². The van der Waals surface area contributed by atoms with E-state index in [1.54, 1.807) is 18.2 Å². The van der Waals surface area contributed by atoms with E-state index in [-0.39, 0.29) is 6.10 Å². The van der Waals surface area contributed by atoms with Crippen molar-refractivity contribution in [2.45, 2.75) is 31.5 Å². The van der Waals surface area contributed by atoms with Gasteiger partial charge in [-0.1, -0.05) is 41.4 Å². The zero-order valence-corrected chi connectivity index (χ0v) is 12.7. The molecular weight excluding hydrogens is 299 g/mol. The number of hydrogen-bond donors (Lipinski definition) is 0. The molecule has 1 aromatic rings. The van der Waals surface area contributed by atoms with Gasteiger partial charge < -0.3 is 9.47 Å². The number of benzene rings is 1. The minimum atomic E-state index is -0.789. The maximum atomic E-state index is 11.9. The summed E-state index contributed by atoms with van der Waals surface area (Å²) in [6, 6.07) is 5.01. The van der Waals surface area contributed by atoms with Crippen molar-refractivity contribution in [2.24, 2.45) is 0 Å². The molecule has 108 valence electrons. The number of carbonyl (C=O) groups excluding carboxylic acids is 1. The average molecular weight is 315 g/mol.